The van der Waals surface area contributed by atoms with Crippen LogP contribution in [0.15, 0.2) is 107 Å². The molecule has 19 nitrogen and oxygen atoms in total. The number of oxazole rings is 2. The molecule has 6 aromatic rings. The van der Waals surface area contributed by atoms with Gasteiger partial charge in [-0.15, -0.1) is 12.4 Å². The molecule has 0 saturated carbocycles. The number of pyridine rings is 2. The molecule has 0 aliphatic carbocycles. The zero-order valence-corrected chi connectivity index (χ0v) is 36.3. The molecule has 0 spiro atoms. The van der Waals surface area contributed by atoms with Gasteiger partial charge in [-0.05, 0) is 48.5 Å². The number of carbonyl (C=O) groups excluding carboxylic acids is 5. The van der Waals surface area contributed by atoms with E-state index in [4.69, 9.17) is 19.6 Å². The van der Waals surface area contributed by atoms with Crippen molar-refractivity contribution >= 4 is 54.1 Å². The van der Waals surface area contributed by atoms with Gasteiger partial charge in [0.15, 0.2) is 19.1 Å². The molecule has 8 rings (SSSR count). The number of hydrogen-bond donors (Lipinski definition) is 4. The topological polar surface area (TPSA) is 250 Å². The number of nitrogens with zero attached hydrogens (tertiary/aromatic N) is 6. The third kappa shape index (κ3) is 13.7. The lowest BCUT2D eigenvalue weighted by atomic mass is 10.1. The van der Waals surface area contributed by atoms with Crippen molar-refractivity contribution in [2.45, 2.75) is 45.7 Å². The lowest BCUT2D eigenvalue weighted by Crippen LogP contribution is -2.33. The van der Waals surface area contributed by atoms with Gasteiger partial charge in [0.25, 0.3) is 0 Å². The Bertz CT molecular complexity index is 2550. The van der Waals surface area contributed by atoms with E-state index in [2.05, 4.69) is 40.3 Å². The number of nitrogens with one attached hydrogen (secondary N) is 3. The molecule has 2 fully saturated rings. The van der Waals surface area contributed by atoms with Crippen molar-refractivity contribution in [2.75, 3.05) is 36.0 Å². The van der Waals surface area contributed by atoms with E-state index in [1.54, 1.807) is 42.8 Å². The largest absolute Gasteiger partial charge is 0.451 e. The molecule has 2 aromatic carbocycles. The summed E-state index contributed by atoms with van der Waals surface area (Å²) in [6.45, 7) is 5.17. The molecule has 66 heavy (non-hydrogen) atoms. The van der Waals surface area contributed by atoms with Gasteiger partial charge in [-0.3, -0.25) is 34.2 Å². The molecule has 2 atom stereocenters. The molecule has 4 amide bonds. The molecule has 6 heterocycles. The van der Waals surface area contributed by atoms with Crippen LogP contribution in [0.1, 0.15) is 41.4 Å². The van der Waals surface area contributed by atoms with E-state index >= 15 is 0 Å². The fourth-order valence-electron chi connectivity index (χ4n) is 6.31. The van der Waals surface area contributed by atoms with E-state index in [9.17, 15) is 32.8 Å². The quantitative estimate of drug-likeness (QED) is 0.101. The van der Waals surface area contributed by atoms with Crippen molar-refractivity contribution in [3.05, 3.63) is 133 Å². The van der Waals surface area contributed by atoms with Gasteiger partial charge in [-0.25, -0.2) is 28.3 Å². The van der Waals surface area contributed by atoms with Crippen molar-refractivity contribution in [1.29, 1.82) is 0 Å². The third-order valence-electron chi connectivity index (χ3n) is 9.58. The summed E-state index contributed by atoms with van der Waals surface area (Å²) in [5.74, 6) is -1.43. The molecule has 5 N–H and O–H groups in total. The number of halogens is 3. The molecular formula is C44H45ClF2N10O9. The first kappa shape index (κ1) is 49.4. The molecule has 4 aromatic heterocycles. The maximum atomic E-state index is 14.8. The summed E-state index contributed by atoms with van der Waals surface area (Å²) in [5.41, 5.74) is 10.4. The number of cyclic esters (lactones) is 2. The molecule has 2 saturated heterocycles. The first-order valence-corrected chi connectivity index (χ1v) is 20.0. The average molecular weight is 931 g/mol. The zero-order valence-electron chi connectivity index (χ0n) is 35.5. The highest BCUT2D eigenvalue weighted by Gasteiger charge is 2.34. The highest BCUT2D eigenvalue weighted by atomic mass is 35.5. The first-order chi connectivity index (χ1) is 31.4. The lowest BCUT2D eigenvalue weighted by molar-refractivity contribution is -0.120. The van der Waals surface area contributed by atoms with Crippen LogP contribution in [0.4, 0.5) is 29.7 Å². The summed E-state index contributed by atoms with van der Waals surface area (Å²) in [6.07, 6.45) is 7.33. The summed E-state index contributed by atoms with van der Waals surface area (Å²) < 4.78 is 49.3. The summed E-state index contributed by atoms with van der Waals surface area (Å²) in [6, 6.07) is 15.7. The monoisotopic (exact) mass is 930 g/mol. The van der Waals surface area contributed by atoms with Crippen LogP contribution in [0, 0.1) is 11.6 Å². The minimum atomic E-state index is -0.593. The fourth-order valence-corrected chi connectivity index (χ4v) is 6.31. The Morgan fingerprint density at radius 2 is 1.21 bits per heavy atom. The number of ether oxygens (including phenoxy) is 2. The Labute approximate surface area is 382 Å². The summed E-state index contributed by atoms with van der Waals surface area (Å²) in [5, 5.41) is 8.40. The number of benzene rings is 2. The Morgan fingerprint density at radius 3 is 1.61 bits per heavy atom. The average Bonchev–Trinajstić information content (AvgIpc) is 4.15. The molecule has 22 heteroatoms. The van der Waals surface area contributed by atoms with Crippen LogP contribution in [-0.2, 0) is 38.7 Å². The normalized spacial score (nSPS) is 15.0. The Balaban J connectivity index is 0.000000216. The first-order valence-electron chi connectivity index (χ1n) is 20.0. The van der Waals surface area contributed by atoms with Crippen LogP contribution in [0.3, 0.4) is 0 Å². The van der Waals surface area contributed by atoms with Crippen molar-refractivity contribution in [2.24, 2.45) is 5.73 Å². The molecular weight excluding hydrogens is 886 g/mol. The van der Waals surface area contributed by atoms with Crippen LogP contribution >= 0.6 is 12.4 Å². The smallest absolute Gasteiger partial charge is 0.414 e. The van der Waals surface area contributed by atoms with Crippen LogP contribution in [0.25, 0.3) is 22.3 Å². The molecule has 0 bridgehead atoms. The Hall–Kier alpha value is -7.62. The van der Waals surface area contributed by atoms with E-state index in [0.717, 1.165) is 17.1 Å². The van der Waals surface area contributed by atoms with Gasteiger partial charge < -0.3 is 40.0 Å². The van der Waals surface area contributed by atoms with Crippen LogP contribution in [-0.4, -0.2) is 88.6 Å². The highest BCUT2D eigenvalue weighted by molar-refractivity contribution is 5.91. The van der Waals surface area contributed by atoms with Gasteiger partial charge in [0.1, 0.15) is 42.1 Å². The third-order valence-corrected chi connectivity index (χ3v) is 9.58. The van der Waals surface area contributed by atoms with Crippen molar-refractivity contribution in [1.82, 2.24) is 35.9 Å². The van der Waals surface area contributed by atoms with Gasteiger partial charge in [0.05, 0.1) is 54.6 Å². The maximum Gasteiger partial charge on any atom is 0.414 e. The van der Waals surface area contributed by atoms with Gasteiger partial charge in [0.2, 0.25) is 11.8 Å². The van der Waals surface area contributed by atoms with E-state index in [-0.39, 0.29) is 56.1 Å². The fraction of sp³-hybridized carbons (Fsp3) is 0.250. The number of anilines is 2. The Kier molecular flexibility index (Phi) is 17.9. The van der Waals surface area contributed by atoms with Gasteiger partial charge in [-0.2, -0.15) is 0 Å². The second-order valence-electron chi connectivity index (χ2n) is 14.3. The SMILES string of the molecule is CC(=O)NC[C@H]1CN(c2ccc(-c3ccc(C=O)nc3)c(F)c2)C(=O)O1.CC(=O)NC[C@H]1CN(c2ccc(-c3ccc(CNCc4cocn4)nc3)c(F)c2)C(=O)O1.Cl.NCc1cocn1. The van der Waals surface area contributed by atoms with E-state index in [1.807, 2.05) is 6.07 Å². The predicted molar refractivity (Wildman–Crippen MR) is 236 cm³/mol. The molecule has 2 aliphatic rings. The predicted octanol–water partition coefficient (Wildman–Crippen LogP) is 5.34. The summed E-state index contributed by atoms with van der Waals surface area (Å²) >= 11 is 0. The van der Waals surface area contributed by atoms with Crippen molar-refractivity contribution < 1.29 is 51.1 Å². The van der Waals surface area contributed by atoms with Crippen molar-refractivity contribution in [3.63, 3.8) is 0 Å². The standard InChI is InChI=1S/C22H22FN5O4.C18H16FN3O4.C4H6N2O.ClH/c1-14(29)25-10-19-11-28(22(30)32-19)18-4-5-20(21(23)6-18)15-2-3-16(26-7-15)8-24-9-17-12-31-13-27-17;1-11(24)20-8-15-9-22(18(25)26-15)14-4-5-16(17(19)6-14)12-2-3-13(10-23)21-7-12;5-1-4-2-7-3-6-4;/h2-7,12-13,19,24H,8-11H2,1H3,(H,25,29);2-7,10,15H,8-9H2,1H3,(H,20,24);2-3H,1,5H2;1H/t19-;15-;;/m00../s1. The van der Waals surface area contributed by atoms with Crippen LogP contribution in [0.5, 0.6) is 0 Å². The van der Waals surface area contributed by atoms with E-state index < -0.39 is 36.0 Å². The lowest BCUT2D eigenvalue weighted by Gasteiger charge is -2.14. The second-order valence-corrected chi connectivity index (χ2v) is 14.3. The molecule has 0 unspecified atom stereocenters. The van der Waals surface area contributed by atoms with Crippen LogP contribution in [0.2, 0.25) is 0 Å². The zero-order chi connectivity index (χ0) is 46.3. The summed E-state index contributed by atoms with van der Waals surface area (Å²) in [7, 11) is 0. The van der Waals surface area contributed by atoms with E-state index in [1.165, 1.54) is 73.2 Å². The number of hydrogen-bond acceptors (Lipinski definition) is 15. The van der Waals surface area contributed by atoms with Gasteiger partial charge >= 0.3 is 12.2 Å². The number of carbonyl (C=O) groups is 5. The molecule has 346 valence electrons. The Morgan fingerprint density at radius 1 is 0.712 bits per heavy atom. The summed E-state index contributed by atoms with van der Waals surface area (Å²) in [4.78, 5) is 75.5. The van der Waals surface area contributed by atoms with Gasteiger partial charge in [0, 0.05) is 68.1 Å². The van der Waals surface area contributed by atoms with Crippen LogP contribution < -0.4 is 31.5 Å². The van der Waals surface area contributed by atoms with Crippen molar-refractivity contribution in [3.8, 4) is 22.3 Å². The maximum absolute atomic E-state index is 14.8. The highest BCUT2D eigenvalue weighted by Crippen LogP contribution is 2.30. The number of rotatable bonds is 14. The second kappa shape index (κ2) is 23.9. The number of aldehydes is 1. The molecule has 0 radical (unpaired) electrons. The number of aromatic nitrogens is 4. The van der Waals surface area contributed by atoms with Gasteiger partial charge in [-0.1, -0.05) is 12.1 Å². The molecule has 2 aliphatic heterocycles. The number of nitrogens with two attached hydrogens (primary N) is 1. The minimum absolute atomic E-state index is 0. The number of amides is 4. The minimum Gasteiger partial charge on any atom is -0.451 e. The van der Waals surface area contributed by atoms with E-state index in [0.29, 0.717) is 59.5 Å².